The number of esters is 1. The van der Waals surface area contributed by atoms with Gasteiger partial charge < -0.3 is 10.1 Å². The van der Waals surface area contributed by atoms with Crippen molar-refractivity contribution >= 4 is 5.97 Å². The maximum Gasteiger partial charge on any atom is 0.335 e. The highest BCUT2D eigenvalue weighted by Crippen LogP contribution is 2.10. The predicted molar refractivity (Wildman–Crippen MR) is 32.7 cm³/mol. The number of ether oxygens (including phenoxy) is 1. The fraction of sp³-hybridized carbons (Fsp3) is 0.500. The molecular formula is C6H9NO2. The van der Waals surface area contributed by atoms with Gasteiger partial charge in [0, 0.05) is 7.05 Å². The van der Waals surface area contributed by atoms with Crippen LogP contribution < -0.4 is 5.32 Å². The molecular weight excluding hydrogens is 118 g/mol. The van der Waals surface area contributed by atoms with E-state index >= 15 is 0 Å². The predicted octanol–water partition coefficient (Wildman–Crippen LogP) is 0.0366. The van der Waals surface area contributed by atoms with E-state index in [1.165, 1.54) is 0 Å². The third-order valence-electron chi connectivity index (χ3n) is 1.41. The van der Waals surface area contributed by atoms with Crippen molar-refractivity contribution in [2.75, 3.05) is 13.7 Å². The smallest absolute Gasteiger partial charge is 0.335 e. The van der Waals surface area contributed by atoms with Gasteiger partial charge in [0.2, 0.25) is 0 Å². The molecule has 1 rings (SSSR count). The molecule has 50 valence electrons. The molecule has 0 fully saturated rings. The maximum atomic E-state index is 10.6. The number of hydrogen-bond acceptors (Lipinski definition) is 3. The summed E-state index contributed by atoms with van der Waals surface area (Å²) in [5.74, 6) is -0.209. The zero-order valence-electron chi connectivity index (χ0n) is 5.52. The minimum atomic E-state index is -0.209. The minimum absolute atomic E-state index is 0.209. The van der Waals surface area contributed by atoms with Gasteiger partial charge in [-0.05, 0) is 6.92 Å². The SMILES string of the molecule is CNC1=C(C)C(=O)OC1. The number of likely N-dealkylation sites (N-methyl/N-ethyl adjacent to an activating group) is 1. The Kier molecular flexibility index (Phi) is 1.42. The van der Waals surface area contributed by atoms with Gasteiger partial charge in [0.05, 0.1) is 11.3 Å². The van der Waals surface area contributed by atoms with Gasteiger partial charge in [-0.25, -0.2) is 4.79 Å². The molecule has 0 aromatic carbocycles. The molecule has 9 heavy (non-hydrogen) atoms. The van der Waals surface area contributed by atoms with Gasteiger partial charge in [0.1, 0.15) is 6.61 Å². The fourth-order valence-electron chi connectivity index (χ4n) is 0.737. The second-order valence-corrected chi connectivity index (χ2v) is 1.93. The van der Waals surface area contributed by atoms with Crippen LogP contribution in [-0.2, 0) is 9.53 Å². The van der Waals surface area contributed by atoms with Gasteiger partial charge in [-0.15, -0.1) is 0 Å². The highest BCUT2D eigenvalue weighted by atomic mass is 16.5. The summed E-state index contributed by atoms with van der Waals surface area (Å²) in [6.07, 6.45) is 0. The zero-order chi connectivity index (χ0) is 6.85. The molecule has 3 heteroatoms. The van der Waals surface area contributed by atoms with Crippen LogP contribution in [0.4, 0.5) is 0 Å². The van der Waals surface area contributed by atoms with E-state index in [9.17, 15) is 4.79 Å². The molecule has 0 aromatic heterocycles. The summed E-state index contributed by atoms with van der Waals surface area (Å²) in [7, 11) is 1.78. The van der Waals surface area contributed by atoms with Gasteiger partial charge >= 0.3 is 5.97 Å². The van der Waals surface area contributed by atoms with E-state index in [2.05, 4.69) is 5.32 Å². The van der Waals surface area contributed by atoms with E-state index < -0.39 is 0 Å². The number of hydrogen-bond donors (Lipinski definition) is 1. The monoisotopic (exact) mass is 127 g/mol. The molecule has 0 aromatic rings. The topological polar surface area (TPSA) is 38.3 Å². The second-order valence-electron chi connectivity index (χ2n) is 1.93. The number of rotatable bonds is 1. The normalized spacial score (nSPS) is 18.2. The lowest BCUT2D eigenvalue weighted by Gasteiger charge is -1.95. The Morgan fingerprint density at radius 3 is 2.56 bits per heavy atom. The molecule has 0 amide bonds. The zero-order valence-corrected chi connectivity index (χ0v) is 5.52. The van der Waals surface area contributed by atoms with E-state index in [-0.39, 0.29) is 5.97 Å². The third kappa shape index (κ3) is 0.896. The molecule has 0 spiro atoms. The van der Waals surface area contributed by atoms with Crippen LogP contribution >= 0.6 is 0 Å². The van der Waals surface area contributed by atoms with Crippen LogP contribution in [0.1, 0.15) is 6.92 Å². The summed E-state index contributed by atoms with van der Waals surface area (Å²) in [6.45, 7) is 2.16. The minimum Gasteiger partial charge on any atom is -0.456 e. The molecule has 0 saturated heterocycles. The summed E-state index contributed by atoms with van der Waals surface area (Å²) < 4.78 is 4.69. The van der Waals surface area contributed by atoms with Crippen LogP contribution in [0.2, 0.25) is 0 Å². The third-order valence-corrected chi connectivity index (χ3v) is 1.41. The molecule has 0 atom stereocenters. The number of carbonyl (C=O) groups is 1. The van der Waals surface area contributed by atoms with Crippen molar-refractivity contribution in [3.63, 3.8) is 0 Å². The Morgan fingerprint density at radius 2 is 2.33 bits per heavy atom. The fourth-order valence-corrected chi connectivity index (χ4v) is 0.737. The maximum absolute atomic E-state index is 10.6. The Morgan fingerprint density at radius 1 is 1.67 bits per heavy atom. The first-order chi connectivity index (χ1) is 4.25. The standard InChI is InChI=1S/C6H9NO2/c1-4-5(7-2)3-9-6(4)8/h7H,3H2,1-2H3. The van der Waals surface area contributed by atoms with Crippen molar-refractivity contribution in [2.45, 2.75) is 6.92 Å². The summed E-state index contributed by atoms with van der Waals surface area (Å²) >= 11 is 0. The van der Waals surface area contributed by atoms with Crippen LogP contribution in [0.3, 0.4) is 0 Å². The van der Waals surface area contributed by atoms with Crippen molar-refractivity contribution in [3.05, 3.63) is 11.3 Å². The van der Waals surface area contributed by atoms with E-state index in [4.69, 9.17) is 4.74 Å². The molecule has 1 heterocycles. The van der Waals surface area contributed by atoms with Crippen LogP contribution in [0.25, 0.3) is 0 Å². The van der Waals surface area contributed by atoms with Crippen molar-refractivity contribution in [2.24, 2.45) is 0 Å². The van der Waals surface area contributed by atoms with E-state index in [0.717, 1.165) is 5.70 Å². The lowest BCUT2D eigenvalue weighted by atomic mass is 10.3. The van der Waals surface area contributed by atoms with Crippen LogP contribution in [-0.4, -0.2) is 19.6 Å². The first-order valence-corrected chi connectivity index (χ1v) is 2.80. The second kappa shape index (κ2) is 2.09. The first-order valence-electron chi connectivity index (χ1n) is 2.80. The molecule has 0 unspecified atom stereocenters. The van der Waals surface area contributed by atoms with Crippen molar-refractivity contribution in [1.82, 2.24) is 5.32 Å². The molecule has 1 aliphatic rings. The Balaban J connectivity index is 2.79. The van der Waals surface area contributed by atoms with Crippen LogP contribution in [0.15, 0.2) is 11.3 Å². The lowest BCUT2D eigenvalue weighted by molar-refractivity contribution is -0.135. The Bertz CT molecular complexity index is 172. The summed E-state index contributed by atoms with van der Waals surface area (Å²) in [5.41, 5.74) is 1.58. The van der Waals surface area contributed by atoms with Crippen LogP contribution in [0.5, 0.6) is 0 Å². The highest BCUT2D eigenvalue weighted by molar-refractivity contribution is 5.90. The Hall–Kier alpha value is -0.990. The van der Waals surface area contributed by atoms with E-state index in [1.807, 2.05) is 0 Å². The van der Waals surface area contributed by atoms with Gasteiger partial charge in [-0.2, -0.15) is 0 Å². The summed E-state index contributed by atoms with van der Waals surface area (Å²) in [6, 6.07) is 0. The van der Waals surface area contributed by atoms with Gasteiger partial charge in [0.15, 0.2) is 0 Å². The van der Waals surface area contributed by atoms with Crippen molar-refractivity contribution in [1.29, 1.82) is 0 Å². The highest BCUT2D eigenvalue weighted by Gasteiger charge is 2.18. The number of nitrogens with one attached hydrogen (secondary N) is 1. The molecule has 1 N–H and O–H groups in total. The summed E-state index contributed by atoms with van der Waals surface area (Å²) in [4.78, 5) is 10.6. The average molecular weight is 127 g/mol. The van der Waals surface area contributed by atoms with Crippen molar-refractivity contribution in [3.8, 4) is 0 Å². The Labute approximate surface area is 53.7 Å². The first kappa shape index (κ1) is 6.13. The molecule has 0 bridgehead atoms. The van der Waals surface area contributed by atoms with E-state index in [1.54, 1.807) is 14.0 Å². The van der Waals surface area contributed by atoms with Gasteiger partial charge in [-0.3, -0.25) is 0 Å². The average Bonchev–Trinajstić information content (AvgIpc) is 2.15. The van der Waals surface area contributed by atoms with Crippen molar-refractivity contribution < 1.29 is 9.53 Å². The molecule has 3 nitrogen and oxygen atoms in total. The van der Waals surface area contributed by atoms with Gasteiger partial charge in [-0.1, -0.05) is 0 Å². The molecule has 1 aliphatic heterocycles. The lowest BCUT2D eigenvalue weighted by Crippen LogP contribution is -2.07. The van der Waals surface area contributed by atoms with Crippen LogP contribution in [0, 0.1) is 0 Å². The molecule has 0 aliphatic carbocycles. The number of cyclic esters (lactones) is 1. The van der Waals surface area contributed by atoms with E-state index in [0.29, 0.717) is 12.2 Å². The molecule has 0 saturated carbocycles. The largest absolute Gasteiger partial charge is 0.456 e. The molecule has 0 radical (unpaired) electrons. The number of carbonyl (C=O) groups excluding carboxylic acids is 1. The summed E-state index contributed by atoms with van der Waals surface area (Å²) in [5, 5.41) is 2.88. The quantitative estimate of drug-likeness (QED) is 0.505. The van der Waals surface area contributed by atoms with Gasteiger partial charge in [0.25, 0.3) is 0 Å².